The number of hydrogen-bond donors (Lipinski definition) is 4. The molecule has 1 aromatic heterocycles. The molecule has 1 heterocycles. The molecule has 118 valence electrons. The first kappa shape index (κ1) is 16.8. The number of nitrogen functional groups attached to an aromatic ring is 1. The number of hydrogen-bond acceptors (Lipinski definition) is 5. The van der Waals surface area contributed by atoms with Gasteiger partial charge in [0.25, 0.3) is 5.56 Å². The summed E-state index contributed by atoms with van der Waals surface area (Å²) < 4.78 is 1.27. The van der Waals surface area contributed by atoms with Crippen LogP contribution in [0.25, 0.3) is 0 Å². The fourth-order valence-electron chi connectivity index (χ4n) is 2.00. The Bertz CT molecular complexity index is 630. The molecule has 0 saturated heterocycles. The van der Waals surface area contributed by atoms with E-state index in [2.05, 4.69) is 10.3 Å². The Morgan fingerprint density at radius 3 is 2.29 bits per heavy atom. The molecule has 0 aliphatic carbocycles. The second-order valence-electron chi connectivity index (χ2n) is 5.79. The van der Waals surface area contributed by atoms with E-state index in [0.717, 1.165) is 0 Å². The van der Waals surface area contributed by atoms with Gasteiger partial charge in [0, 0.05) is 6.54 Å². The van der Waals surface area contributed by atoms with Gasteiger partial charge in [0.05, 0.1) is 0 Å². The van der Waals surface area contributed by atoms with Crippen molar-refractivity contribution in [2.45, 2.75) is 40.3 Å². The van der Waals surface area contributed by atoms with Crippen molar-refractivity contribution >= 4 is 17.4 Å². The molecule has 8 heteroatoms. The molecule has 6 N–H and O–H groups in total. The van der Waals surface area contributed by atoms with Gasteiger partial charge in [0.2, 0.25) is 5.91 Å². The largest absolute Gasteiger partial charge is 0.383 e. The Labute approximate surface area is 122 Å². The first-order valence-corrected chi connectivity index (χ1v) is 6.83. The number of nitrogens with zero attached hydrogens (tertiary/aromatic N) is 1. The summed E-state index contributed by atoms with van der Waals surface area (Å²) in [5.41, 5.74) is 9.98. The van der Waals surface area contributed by atoms with Crippen LogP contribution in [0, 0.1) is 11.8 Å². The van der Waals surface area contributed by atoms with E-state index in [0.29, 0.717) is 6.54 Å². The molecule has 1 atom stereocenters. The lowest BCUT2D eigenvalue weighted by atomic mass is 10.0. The minimum Gasteiger partial charge on any atom is -0.383 e. The number of anilines is 2. The van der Waals surface area contributed by atoms with E-state index in [9.17, 15) is 14.4 Å². The van der Waals surface area contributed by atoms with Gasteiger partial charge in [-0.15, -0.1) is 0 Å². The molecule has 1 amide bonds. The van der Waals surface area contributed by atoms with E-state index in [1.807, 2.05) is 13.8 Å². The van der Waals surface area contributed by atoms with E-state index in [1.165, 1.54) is 4.57 Å². The fourth-order valence-corrected chi connectivity index (χ4v) is 2.00. The summed E-state index contributed by atoms with van der Waals surface area (Å²) in [6.45, 7) is 7.78. The van der Waals surface area contributed by atoms with Crippen LogP contribution in [0.4, 0.5) is 11.5 Å². The molecule has 0 fully saturated rings. The Hall–Kier alpha value is -2.25. The summed E-state index contributed by atoms with van der Waals surface area (Å²) in [5, 5.41) is 2.75. The predicted octanol–water partition coefficient (Wildman–Crippen LogP) is -0.303. The molecule has 1 rings (SSSR count). The van der Waals surface area contributed by atoms with Crippen molar-refractivity contribution in [1.82, 2.24) is 9.55 Å². The monoisotopic (exact) mass is 297 g/mol. The molecular weight excluding hydrogens is 274 g/mol. The SMILES string of the molecule is CC(C)Cn1c(N)c(NC(C(N)=O)C(C)C)c(=O)[nH]c1=O. The molecule has 21 heavy (non-hydrogen) atoms. The van der Waals surface area contributed by atoms with Crippen LogP contribution < -0.4 is 28.0 Å². The molecule has 0 spiro atoms. The summed E-state index contributed by atoms with van der Waals surface area (Å²) in [6.07, 6.45) is 0. The summed E-state index contributed by atoms with van der Waals surface area (Å²) in [7, 11) is 0. The summed E-state index contributed by atoms with van der Waals surface area (Å²) in [4.78, 5) is 37.4. The Balaban J connectivity index is 3.33. The van der Waals surface area contributed by atoms with Crippen molar-refractivity contribution in [2.75, 3.05) is 11.1 Å². The van der Waals surface area contributed by atoms with E-state index in [4.69, 9.17) is 11.5 Å². The molecule has 1 aromatic rings. The zero-order chi connectivity index (χ0) is 16.3. The van der Waals surface area contributed by atoms with Gasteiger partial charge < -0.3 is 16.8 Å². The first-order chi connectivity index (χ1) is 9.65. The Morgan fingerprint density at radius 1 is 1.29 bits per heavy atom. The van der Waals surface area contributed by atoms with Crippen LogP contribution in [-0.4, -0.2) is 21.5 Å². The van der Waals surface area contributed by atoms with Gasteiger partial charge in [-0.1, -0.05) is 27.7 Å². The number of aromatic nitrogens is 2. The van der Waals surface area contributed by atoms with Crippen LogP contribution in [0.1, 0.15) is 27.7 Å². The van der Waals surface area contributed by atoms with Crippen molar-refractivity contribution in [1.29, 1.82) is 0 Å². The number of carbonyl (C=O) groups excluding carboxylic acids is 1. The molecule has 1 unspecified atom stereocenters. The maximum atomic E-state index is 11.9. The van der Waals surface area contributed by atoms with E-state index >= 15 is 0 Å². The molecule has 0 aliphatic rings. The number of amides is 1. The molecule has 0 bridgehead atoms. The van der Waals surface area contributed by atoms with Gasteiger partial charge in [0.1, 0.15) is 17.5 Å². The summed E-state index contributed by atoms with van der Waals surface area (Å²) >= 11 is 0. The summed E-state index contributed by atoms with van der Waals surface area (Å²) in [6, 6.07) is -0.751. The lowest BCUT2D eigenvalue weighted by Gasteiger charge is -2.22. The summed E-state index contributed by atoms with van der Waals surface area (Å²) in [5.74, 6) is -0.553. The maximum absolute atomic E-state index is 11.9. The van der Waals surface area contributed by atoms with Crippen LogP contribution in [0.2, 0.25) is 0 Å². The zero-order valence-electron chi connectivity index (χ0n) is 12.8. The highest BCUT2D eigenvalue weighted by Crippen LogP contribution is 2.15. The van der Waals surface area contributed by atoms with Crippen molar-refractivity contribution in [3.8, 4) is 0 Å². The molecule has 0 saturated carbocycles. The van der Waals surface area contributed by atoms with Crippen LogP contribution in [0.3, 0.4) is 0 Å². The normalized spacial score (nSPS) is 12.7. The van der Waals surface area contributed by atoms with Gasteiger partial charge in [-0.3, -0.25) is 19.1 Å². The quantitative estimate of drug-likeness (QED) is 0.571. The predicted molar refractivity (Wildman–Crippen MR) is 82.0 cm³/mol. The number of rotatable bonds is 6. The maximum Gasteiger partial charge on any atom is 0.330 e. The highest BCUT2D eigenvalue weighted by Gasteiger charge is 2.23. The van der Waals surface area contributed by atoms with Crippen molar-refractivity contribution in [3.63, 3.8) is 0 Å². The first-order valence-electron chi connectivity index (χ1n) is 6.83. The van der Waals surface area contributed by atoms with Crippen molar-refractivity contribution in [2.24, 2.45) is 17.6 Å². The van der Waals surface area contributed by atoms with E-state index < -0.39 is 23.2 Å². The third-order valence-electron chi connectivity index (χ3n) is 3.06. The van der Waals surface area contributed by atoms with Crippen LogP contribution in [0.15, 0.2) is 9.59 Å². The van der Waals surface area contributed by atoms with Crippen LogP contribution in [0.5, 0.6) is 0 Å². The van der Waals surface area contributed by atoms with E-state index in [-0.39, 0.29) is 23.3 Å². The van der Waals surface area contributed by atoms with Gasteiger partial charge >= 0.3 is 5.69 Å². The standard InChI is InChI=1S/C13H23N5O3/c1-6(2)5-18-10(14)9(12(20)17-13(18)21)16-8(7(3)4)11(15)19/h6-8,16H,5,14H2,1-4H3,(H2,15,19)(H,17,20,21). The van der Waals surface area contributed by atoms with Gasteiger partial charge in [-0.25, -0.2) is 4.79 Å². The van der Waals surface area contributed by atoms with Gasteiger partial charge in [-0.05, 0) is 11.8 Å². The molecular formula is C13H23N5O3. The lowest BCUT2D eigenvalue weighted by Crippen LogP contribution is -2.43. The molecule has 8 nitrogen and oxygen atoms in total. The molecule has 0 aliphatic heterocycles. The number of nitrogens with one attached hydrogen (secondary N) is 2. The average Bonchev–Trinajstić information content (AvgIpc) is 2.33. The topological polar surface area (TPSA) is 136 Å². The molecule has 0 aromatic carbocycles. The number of nitrogens with two attached hydrogens (primary N) is 2. The van der Waals surface area contributed by atoms with Gasteiger partial charge in [0.15, 0.2) is 0 Å². The fraction of sp³-hybridized carbons (Fsp3) is 0.615. The minimum atomic E-state index is -0.751. The third-order valence-corrected chi connectivity index (χ3v) is 3.06. The van der Waals surface area contributed by atoms with Gasteiger partial charge in [-0.2, -0.15) is 0 Å². The molecule has 0 radical (unpaired) electrons. The smallest absolute Gasteiger partial charge is 0.330 e. The Kier molecular flexibility index (Phi) is 5.17. The highest BCUT2D eigenvalue weighted by molar-refractivity contribution is 5.84. The minimum absolute atomic E-state index is 0.00403. The lowest BCUT2D eigenvalue weighted by molar-refractivity contribution is -0.119. The Morgan fingerprint density at radius 2 is 1.86 bits per heavy atom. The third kappa shape index (κ3) is 3.87. The average molecular weight is 297 g/mol. The number of carbonyl (C=O) groups is 1. The zero-order valence-corrected chi connectivity index (χ0v) is 12.8. The highest BCUT2D eigenvalue weighted by atomic mass is 16.2. The van der Waals surface area contributed by atoms with Crippen molar-refractivity contribution in [3.05, 3.63) is 20.8 Å². The van der Waals surface area contributed by atoms with Crippen LogP contribution >= 0.6 is 0 Å². The number of primary amides is 1. The number of aromatic amines is 1. The van der Waals surface area contributed by atoms with Crippen molar-refractivity contribution < 1.29 is 4.79 Å². The second kappa shape index (κ2) is 6.47. The number of H-pyrrole nitrogens is 1. The second-order valence-corrected chi connectivity index (χ2v) is 5.79. The van der Waals surface area contributed by atoms with Crippen LogP contribution in [-0.2, 0) is 11.3 Å². The van der Waals surface area contributed by atoms with E-state index in [1.54, 1.807) is 13.8 Å².